The molecule has 2 nitrogen and oxygen atoms in total. The highest BCUT2D eigenvalue weighted by Crippen LogP contribution is 2.31. The molecule has 2 aromatic rings. The van der Waals surface area contributed by atoms with Gasteiger partial charge in [0.1, 0.15) is 0 Å². The summed E-state index contributed by atoms with van der Waals surface area (Å²) in [5.74, 6) is -3.89. The predicted octanol–water partition coefficient (Wildman–Crippen LogP) is 5.20. The van der Waals surface area contributed by atoms with Crippen LogP contribution in [0.25, 0.3) is 0 Å². The first-order chi connectivity index (χ1) is 10.6. The fraction of sp³-hybridized carbons (Fsp3) is 0.133. The fourth-order valence-electron chi connectivity index (χ4n) is 1.90. The molecule has 0 fully saturated rings. The molecule has 0 heterocycles. The zero-order valence-corrected chi connectivity index (χ0v) is 12.3. The zero-order valence-electron chi connectivity index (χ0n) is 11.6. The lowest BCUT2D eigenvalue weighted by Crippen LogP contribution is -2.16. The molecule has 0 unspecified atom stereocenters. The van der Waals surface area contributed by atoms with Crippen molar-refractivity contribution >= 4 is 23.2 Å². The Morgan fingerprint density at radius 3 is 2.43 bits per heavy atom. The molecular formula is C15H9ClF5NO. The molecule has 8 heteroatoms. The molecule has 0 aromatic heterocycles. The molecular weight excluding hydrogens is 341 g/mol. The predicted molar refractivity (Wildman–Crippen MR) is 75.5 cm³/mol. The second-order valence-corrected chi connectivity index (χ2v) is 5.09. The van der Waals surface area contributed by atoms with Crippen LogP contribution in [0.5, 0.6) is 0 Å². The molecule has 2 rings (SSSR count). The number of anilines is 1. The van der Waals surface area contributed by atoms with Gasteiger partial charge in [-0.05, 0) is 36.8 Å². The van der Waals surface area contributed by atoms with Gasteiger partial charge in [0.25, 0.3) is 5.91 Å². The van der Waals surface area contributed by atoms with Crippen molar-refractivity contribution in [3.63, 3.8) is 0 Å². The molecule has 0 aliphatic carbocycles. The van der Waals surface area contributed by atoms with Crippen LogP contribution in [0.15, 0.2) is 30.3 Å². The van der Waals surface area contributed by atoms with Crippen LogP contribution in [0.1, 0.15) is 21.5 Å². The number of benzene rings is 2. The quantitative estimate of drug-likeness (QED) is 0.586. The monoisotopic (exact) mass is 349 g/mol. The topological polar surface area (TPSA) is 29.1 Å². The Morgan fingerprint density at radius 2 is 1.83 bits per heavy atom. The third-order valence-corrected chi connectivity index (χ3v) is 3.50. The van der Waals surface area contributed by atoms with E-state index in [0.717, 1.165) is 18.2 Å². The van der Waals surface area contributed by atoms with Gasteiger partial charge in [-0.1, -0.05) is 17.7 Å². The van der Waals surface area contributed by atoms with Gasteiger partial charge in [0.15, 0.2) is 11.6 Å². The summed E-state index contributed by atoms with van der Waals surface area (Å²) in [7, 11) is 0. The van der Waals surface area contributed by atoms with Crippen molar-refractivity contribution in [2.24, 2.45) is 0 Å². The van der Waals surface area contributed by atoms with Crippen molar-refractivity contribution in [2.45, 2.75) is 13.1 Å². The molecule has 0 atom stereocenters. The SMILES string of the molecule is Cc1cc(F)c(F)c(C(=O)Nc2cccc(C(F)(F)F)c2)c1Cl. The van der Waals surface area contributed by atoms with E-state index in [4.69, 9.17) is 11.6 Å². The number of carbonyl (C=O) groups excluding carboxylic acids is 1. The number of aryl methyl sites for hydroxylation is 1. The number of rotatable bonds is 2. The number of alkyl halides is 3. The second kappa shape index (κ2) is 6.16. The molecule has 1 amide bonds. The van der Waals surface area contributed by atoms with E-state index in [0.29, 0.717) is 6.07 Å². The lowest BCUT2D eigenvalue weighted by molar-refractivity contribution is -0.137. The minimum Gasteiger partial charge on any atom is -0.322 e. The molecule has 23 heavy (non-hydrogen) atoms. The molecule has 0 saturated carbocycles. The number of hydrogen-bond acceptors (Lipinski definition) is 1. The van der Waals surface area contributed by atoms with Gasteiger partial charge in [-0.15, -0.1) is 0 Å². The van der Waals surface area contributed by atoms with E-state index < -0.39 is 34.8 Å². The fourth-order valence-corrected chi connectivity index (χ4v) is 2.12. The van der Waals surface area contributed by atoms with Gasteiger partial charge >= 0.3 is 6.18 Å². The van der Waals surface area contributed by atoms with Gasteiger partial charge in [-0.25, -0.2) is 8.78 Å². The molecule has 2 aromatic carbocycles. The summed E-state index contributed by atoms with van der Waals surface area (Å²) < 4.78 is 65.0. The van der Waals surface area contributed by atoms with Crippen molar-refractivity contribution in [1.29, 1.82) is 0 Å². The van der Waals surface area contributed by atoms with Crippen LogP contribution in [0, 0.1) is 18.6 Å². The first-order valence-electron chi connectivity index (χ1n) is 6.24. The second-order valence-electron chi connectivity index (χ2n) is 4.71. The molecule has 0 aliphatic heterocycles. The van der Waals surface area contributed by atoms with E-state index in [9.17, 15) is 26.7 Å². The summed E-state index contributed by atoms with van der Waals surface area (Å²) in [6.07, 6.45) is -4.60. The summed E-state index contributed by atoms with van der Waals surface area (Å²) in [6.45, 7) is 1.37. The van der Waals surface area contributed by atoms with E-state index in [1.807, 2.05) is 0 Å². The molecule has 0 bridgehead atoms. The zero-order chi connectivity index (χ0) is 17.4. The average molecular weight is 350 g/mol. The van der Waals surface area contributed by atoms with E-state index >= 15 is 0 Å². The summed E-state index contributed by atoms with van der Waals surface area (Å²) >= 11 is 5.79. The Hall–Kier alpha value is -2.15. The lowest BCUT2D eigenvalue weighted by Gasteiger charge is -2.12. The minimum atomic E-state index is -4.60. The van der Waals surface area contributed by atoms with Crippen LogP contribution in [0.4, 0.5) is 27.6 Å². The van der Waals surface area contributed by atoms with Crippen LogP contribution < -0.4 is 5.32 Å². The third kappa shape index (κ3) is 3.61. The third-order valence-electron chi connectivity index (χ3n) is 3.01. The van der Waals surface area contributed by atoms with Crippen LogP contribution >= 0.6 is 11.6 Å². The lowest BCUT2D eigenvalue weighted by atomic mass is 10.1. The van der Waals surface area contributed by atoms with Gasteiger partial charge in [0.05, 0.1) is 16.1 Å². The maximum atomic E-state index is 13.8. The highest BCUT2D eigenvalue weighted by atomic mass is 35.5. The van der Waals surface area contributed by atoms with E-state index in [1.54, 1.807) is 0 Å². The van der Waals surface area contributed by atoms with Crippen molar-refractivity contribution in [3.8, 4) is 0 Å². The Bertz CT molecular complexity index is 747. The Morgan fingerprint density at radius 1 is 1.17 bits per heavy atom. The number of halogens is 6. The molecule has 0 radical (unpaired) electrons. The van der Waals surface area contributed by atoms with E-state index in [1.165, 1.54) is 13.0 Å². The number of carbonyl (C=O) groups is 1. The number of hydrogen-bond donors (Lipinski definition) is 1. The van der Waals surface area contributed by atoms with Crippen molar-refractivity contribution < 1.29 is 26.7 Å². The maximum absolute atomic E-state index is 13.8. The van der Waals surface area contributed by atoms with Gasteiger partial charge < -0.3 is 5.32 Å². The van der Waals surface area contributed by atoms with E-state index in [2.05, 4.69) is 5.32 Å². The first-order valence-corrected chi connectivity index (χ1v) is 6.61. The molecule has 122 valence electrons. The Balaban J connectivity index is 2.38. The van der Waals surface area contributed by atoms with Crippen LogP contribution in [0.2, 0.25) is 5.02 Å². The standard InChI is InChI=1S/C15H9ClF5NO/c1-7-5-10(17)13(18)11(12(7)16)14(23)22-9-4-2-3-8(6-9)15(19,20)21/h2-6H,1H3,(H,22,23). The van der Waals surface area contributed by atoms with Gasteiger partial charge in [0, 0.05) is 5.69 Å². The first kappa shape index (κ1) is 17.2. The smallest absolute Gasteiger partial charge is 0.322 e. The average Bonchev–Trinajstić information content (AvgIpc) is 2.45. The van der Waals surface area contributed by atoms with Crippen LogP contribution in [-0.4, -0.2) is 5.91 Å². The van der Waals surface area contributed by atoms with Crippen molar-refractivity contribution in [2.75, 3.05) is 5.32 Å². The van der Waals surface area contributed by atoms with Crippen LogP contribution in [0.3, 0.4) is 0 Å². The van der Waals surface area contributed by atoms with Gasteiger partial charge in [-0.3, -0.25) is 4.79 Å². The van der Waals surface area contributed by atoms with Crippen molar-refractivity contribution in [3.05, 3.63) is 63.7 Å². The minimum absolute atomic E-state index is 0.125. The molecule has 0 aliphatic rings. The molecule has 0 spiro atoms. The summed E-state index contributed by atoms with van der Waals surface area (Å²) in [6, 6.07) is 4.57. The maximum Gasteiger partial charge on any atom is 0.416 e. The Labute approximate surface area is 132 Å². The van der Waals surface area contributed by atoms with E-state index in [-0.39, 0.29) is 16.3 Å². The number of amides is 1. The number of nitrogens with one attached hydrogen (secondary N) is 1. The highest BCUT2D eigenvalue weighted by Gasteiger charge is 2.30. The van der Waals surface area contributed by atoms with Gasteiger partial charge in [-0.2, -0.15) is 13.2 Å². The summed E-state index contributed by atoms with van der Waals surface area (Å²) in [4.78, 5) is 12.0. The van der Waals surface area contributed by atoms with Crippen LogP contribution in [-0.2, 0) is 6.18 Å². The Kier molecular flexibility index (Phi) is 4.61. The molecule has 0 saturated heterocycles. The van der Waals surface area contributed by atoms with Gasteiger partial charge in [0.2, 0.25) is 0 Å². The van der Waals surface area contributed by atoms with Crippen molar-refractivity contribution in [1.82, 2.24) is 0 Å². The largest absolute Gasteiger partial charge is 0.416 e. The normalized spacial score (nSPS) is 11.4. The highest BCUT2D eigenvalue weighted by molar-refractivity contribution is 6.35. The summed E-state index contributed by atoms with van der Waals surface area (Å²) in [5, 5.41) is 1.77. The molecule has 1 N–H and O–H groups in total. The summed E-state index contributed by atoms with van der Waals surface area (Å²) in [5.41, 5.74) is -1.85.